The Labute approximate surface area is 266 Å². The molecular weight excluding hydrogens is 642 g/mol. The second-order valence-corrected chi connectivity index (χ2v) is 13.8. The number of aryl methyl sites for hydroxylation is 2. The minimum Gasteiger partial charge on any atom is -0.465 e. The van der Waals surface area contributed by atoms with Crippen molar-refractivity contribution in [1.82, 2.24) is 0 Å². The summed E-state index contributed by atoms with van der Waals surface area (Å²) in [5.74, 6) is -2.97. The van der Waals surface area contributed by atoms with E-state index in [0.717, 1.165) is 45.0 Å². The van der Waals surface area contributed by atoms with Gasteiger partial charge in [-0.05, 0) is 87.4 Å². The van der Waals surface area contributed by atoms with Gasteiger partial charge in [-0.2, -0.15) is 0 Å². The first-order chi connectivity index (χ1) is 21.7. The molecule has 0 saturated heterocycles. The number of fused-ring (bicyclic) bond motifs is 1. The summed E-state index contributed by atoms with van der Waals surface area (Å²) in [5.41, 5.74) is 0.0994. The van der Waals surface area contributed by atoms with Gasteiger partial charge in [-0.3, -0.25) is 18.2 Å². The highest BCUT2D eigenvalue weighted by Crippen LogP contribution is 2.39. The Kier molecular flexibility index (Phi) is 10.3. The number of anilines is 2. The van der Waals surface area contributed by atoms with Gasteiger partial charge in [0, 0.05) is 10.8 Å². The molecule has 0 aliphatic carbocycles. The number of benzene rings is 4. The van der Waals surface area contributed by atoms with E-state index in [4.69, 9.17) is 9.47 Å². The maximum absolute atomic E-state index is 14.1. The van der Waals surface area contributed by atoms with E-state index in [-0.39, 0.29) is 56.3 Å². The average Bonchev–Trinajstić information content (AvgIpc) is 3.01. The van der Waals surface area contributed by atoms with Gasteiger partial charge in [-0.25, -0.2) is 25.6 Å². The van der Waals surface area contributed by atoms with Gasteiger partial charge in [0.1, 0.15) is 24.7 Å². The third-order valence-corrected chi connectivity index (χ3v) is 10.5. The standard InChI is InChI=1S/C32H32F2N2O8S2/c1-5-43-31(37)19-35(45(39,40)23-11-13-27(33)21(3)17-23)29-15-16-30(26-10-8-7-9-25(26)29)36(20-32(38)44-6-2)46(41,42)24-12-14-28(34)22(4)18-24/h7-18H,5-6,19-20H2,1-4H3. The summed E-state index contributed by atoms with van der Waals surface area (Å²) >= 11 is 0. The first kappa shape index (κ1) is 34.3. The van der Waals surface area contributed by atoms with Crippen LogP contribution in [-0.4, -0.2) is 55.1 Å². The molecule has 0 N–H and O–H groups in total. The zero-order valence-corrected chi connectivity index (χ0v) is 27.1. The average molecular weight is 675 g/mol. The molecule has 244 valence electrons. The summed E-state index contributed by atoms with van der Waals surface area (Å²) in [6.07, 6.45) is 0. The maximum Gasteiger partial charge on any atom is 0.326 e. The molecule has 0 atom stereocenters. The van der Waals surface area contributed by atoms with Gasteiger partial charge in [0.15, 0.2) is 0 Å². The predicted molar refractivity (Wildman–Crippen MR) is 169 cm³/mol. The summed E-state index contributed by atoms with van der Waals surface area (Å²) in [6.45, 7) is 4.37. The van der Waals surface area contributed by atoms with E-state index in [1.807, 2.05) is 0 Å². The highest BCUT2D eigenvalue weighted by Gasteiger charge is 2.33. The molecule has 4 aromatic rings. The zero-order chi connectivity index (χ0) is 33.8. The molecule has 4 rings (SSSR count). The number of rotatable bonds is 12. The van der Waals surface area contributed by atoms with E-state index in [2.05, 4.69) is 0 Å². The first-order valence-corrected chi connectivity index (χ1v) is 17.0. The number of sulfonamides is 2. The fourth-order valence-corrected chi connectivity index (χ4v) is 7.79. The van der Waals surface area contributed by atoms with Gasteiger partial charge < -0.3 is 9.47 Å². The molecule has 0 aromatic heterocycles. The second kappa shape index (κ2) is 13.8. The molecular formula is C32H32F2N2O8S2. The van der Waals surface area contributed by atoms with Gasteiger partial charge in [0.2, 0.25) is 0 Å². The fraction of sp³-hybridized carbons (Fsp3) is 0.250. The van der Waals surface area contributed by atoms with Crippen LogP contribution in [0.5, 0.6) is 0 Å². The Morgan fingerprint density at radius 2 is 1.00 bits per heavy atom. The molecule has 14 heteroatoms. The van der Waals surface area contributed by atoms with E-state index < -0.39 is 56.7 Å². The van der Waals surface area contributed by atoms with Crippen molar-refractivity contribution in [1.29, 1.82) is 0 Å². The van der Waals surface area contributed by atoms with Crippen LogP contribution in [0.1, 0.15) is 25.0 Å². The molecule has 0 aliphatic rings. The molecule has 0 amide bonds. The molecule has 4 aromatic carbocycles. The number of carbonyl (C=O) groups excluding carboxylic acids is 2. The Hall–Kier alpha value is -4.56. The van der Waals surface area contributed by atoms with E-state index in [9.17, 15) is 35.2 Å². The lowest BCUT2D eigenvalue weighted by Crippen LogP contribution is -2.38. The highest BCUT2D eigenvalue weighted by molar-refractivity contribution is 7.93. The van der Waals surface area contributed by atoms with Gasteiger partial charge in [0.25, 0.3) is 20.0 Å². The van der Waals surface area contributed by atoms with Crippen LogP contribution in [0.3, 0.4) is 0 Å². The van der Waals surface area contributed by atoms with Crippen molar-refractivity contribution >= 4 is 54.1 Å². The number of hydrogen-bond donors (Lipinski definition) is 0. The smallest absolute Gasteiger partial charge is 0.326 e. The van der Waals surface area contributed by atoms with Crippen molar-refractivity contribution in [2.45, 2.75) is 37.5 Å². The zero-order valence-electron chi connectivity index (χ0n) is 25.5. The van der Waals surface area contributed by atoms with Crippen molar-refractivity contribution < 1.29 is 44.7 Å². The van der Waals surface area contributed by atoms with Crippen molar-refractivity contribution in [3.05, 3.63) is 95.6 Å². The van der Waals surface area contributed by atoms with E-state index in [0.29, 0.717) is 0 Å². The van der Waals surface area contributed by atoms with Crippen LogP contribution < -0.4 is 8.61 Å². The molecule has 0 radical (unpaired) electrons. The van der Waals surface area contributed by atoms with Crippen LogP contribution in [0.2, 0.25) is 0 Å². The van der Waals surface area contributed by atoms with Crippen molar-refractivity contribution in [2.75, 3.05) is 34.9 Å². The number of carbonyl (C=O) groups is 2. The number of halogens is 2. The van der Waals surface area contributed by atoms with Crippen LogP contribution >= 0.6 is 0 Å². The second-order valence-electron chi connectivity index (χ2n) is 10.1. The van der Waals surface area contributed by atoms with Crippen LogP contribution in [-0.2, 0) is 39.1 Å². The molecule has 0 heterocycles. The topological polar surface area (TPSA) is 127 Å². The van der Waals surface area contributed by atoms with Crippen molar-refractivity contribution in [3.8, 4) is 0 Å². The van der Waals surface area contributed by atoms with Gasteiger partial charge in [-0.1, -0.05) is 24.3 Å². The van der Waals surface area contributed by atoms with Gasteiger partial charge in [-0.15, -0.1) is 0 Å². The van der Waals surface area contributed by atoms with Crippen LogP contribution in [0.25, 0.3) is 10.8 Å². The molecule has 0 unspecified atom stereocenters. The molecule has 10 nitrogen and oxygen atoms in total. The lowest BCUT2D eigenvalue weighted by molar-refractivity contribution is -0.142. The summed E-state index contributed by atoms with van der Waals surface area (Å²) in [6, 6.07) is 15.2. The Bertz CT molecular complexity index is 1870. The van der Waals surface area contributed by atoms with Crippen LogP contribution in [0.4, 0.5) is 20.2 Å². The predicted octanol–water partition coefficient (Wildman–Crippen LogP) is 5.25. The normalized spacial score (nSPS) is 11.7. The van der Waals surface area contributed by atoms with E-state index >= 15 is 0 Å². The van der Waals surface area contributed by atoms with Crippen LogP contribution in [0.15, 0.2) is 82.6 Å². The SMILES string of the molecule is CCOC(=O)CN(c1ccc(N(CC(=O)OCC)S(=O)(=O)c2ccc(F)c(C)c2)c2ccccc12)S(=O)(=O)c1ccc(F)c(C)c1. The van der Waals surface area contributed by atoms with E-state index in [1.165, 1.54) is 38.1 Å². The lowest BCUT2D eigenvalue weighted by atomic mass is 10.1. The molecule has 46 heavy (non-hydrogen) atoms. The number of nitrogens with zero attached hydrogens (tertiary/aromatic N) is 2. The quantitative estimate of drug-likeness (QED) is 0.187. The third-order valence-electron chi connectivity index (χ3n) is 7.01. The van der Waals surface area contributed by atoms with Gasteiger partial charge >= 0.3 is 11.9 Å². The third kappa shape index (κ3) is 6.97. The summed E-state index contributed by atoms with van der Waals surface area (Å²) in [4.78, 5) is 24.8. The number of esters is 2. The monoisotopic (exact) mass is 674 g/mol. The lowest BCUT2D eigenvalue weighted by Gasteiger charge is -2.28. The molecule has 0 fully saturated rings. The van der Waals surface area contributed by atoms with E-state index in [1.54, 1.807) is 26.0 Å². The fourth-order valence-electron chi connectivity index (χ4n) is 4.76. The largest absolute Gasteiger partial charge is 0.465 e. The van der Waals surface area contributed by atoms with Crippen molar-refractivity contribution in [2.24, 2.45) is 0 Å². The highest BCUT2D eigenvalue weighted by atomic mass is 32.2. The summed E-state index contributed by atoms with van der Waals surface area (Å²) < 4.78 is 95.9. The minimum atomic E-state index is -4.51. The summed E-state index contributed by atoms with van der Waals surface area (Å²) in [5, 5.41) is 0.400. The number of ether oxygens (including phenoxy) is 2. The first-order valence-electron chi connectivity index (χ1n) is 14.1. The number of hydrogen-bond acceptors (Lipinski definition) is 8. The Morgan fingerprint density at radius 1 is 0.630 bits per heavy atom. The minimum absolute atomic E-state index is 0.0134. The summed E-state index contributed by atoms with van der Waals surface area (Å²) in [7, 11) is -9.03. The maximum atomic E-state index is 14.1. The molecule has 0 aliphatic heterocycles. The molecule has 0 spiro atoms. The van der Waals surface area contributed by atoms with Crippen LogP contribution in [0, 0.1) is 25.5 Å². The van der Waals surface area contributed by atoms with Crippen molar-refractivity contribution in [3.63, 3.8) is 0 Å². The molecule has 0 bridgehead atoms. The van der Waals surface area contributed by atoms with Gasteiger partial charge in [0.05, 0.1) is 34.4 Å². The molecule has 0 saturated carbocycles. The Morgan fingerprint density at radius 3 is 1.33 bits per heavy atom. The Balaban J connectivity index is 1.97.